The number of ether oxygens (including phenoxy) is 1. The molecule has 0 spiro atoms. The van der Waals surface area contributed by atoms with E-state index in [1.165, 1.54) is 12.8 Å². The number of rotatable bonds is 6. The van der Waals surface area contributed by atoms with Crippen LogP contribution in [0.4, 0.5) is 0 Å². The molecule has 0 amide bonds. The molecule has 1 aliphatic rings. The van der Waals surface area contributed by atoms with Gasteiger partial charge in [-0.3, -0.25) is 9.48 Å². The summed E-state index contributed by atoms with van der Waals surface area (Å²) in [7, 11) is 0. The maximum Gasteiger partial charge on any atom is 0.159 e. The first-order valence-electron chi connectivity index (χ1n) is 8.48. The van der Waals surface area contributed by atoms with E-state index < -0.39 is 0 Å². The number of hydrogen-bond donors (Lipinski definition) is 0. The van der Waals surface area contributed by atoms with Crippen molar-refractivity contribution in [1.82, 2.24) is 9.78 Å². The Morgan fingerprint density at radius 3 is 2.88 bits per heavy atom. The summed E-state index contributed by atoms with van der Waals surface area (Å²) in [6, 6.07) is 11.4. The number of Topliss-reactive ketones (excluding diaryl/α,β-unsaturated/α-hetero) is 1. The van der Waals surface area contributed by atoms with Crippen molar-refractivity contribution in [1.29, 1.82) is 0 Å². The van der Waals surface area contributed by atoms with E-state index in [0.717, 1.165) is 28.8 Å². The SMILES string of the molecule is CC(=O)c1ccc2c(cnn2Cc2cc(Cl)ccc2OCC2CC2)c1. The first-order valence-corrected chi connectivity index (χ1v) is 8.85. The Kier molecular flexibility index (Phi) is 4.22. The monoisotopic (exact) mass is 354 g/mol. The second-order valence-corrected chi connectivity index (χ2v) is 7.07. The molecule has 0 unspecified atom stereocenters. The van der Waals surface area contributed by atoms with Gasteiger partial charge in [0.2, 0.25) is 0 Å². The zero-order chi connectivity index (χ0) is 17.4. The summed E-state index contributed by atoms with van der Waals surface area (Å²) in [4.78, 5) is 11.5. The quantitative estimate of drug-likeness (QED) is 0.601. The summed E-state index contributed by atoms with van der Waals surface area (Å²) >= 11 is 6.18. The van der Waals surface area contributed by atoms with E-state index in [1.807, 2.05) is 41.1 Å². The first kappa shape index (κ1) is 16.2. The van der Waals surface area contributed by atoms with Crippen molar-refractivity contribution >= 4 is 28.3 Å². The van der Waals surface area contributed by atoms with Crippen LogP contribution in [0, 0.1) is 5.92 Å². The Hall–Kier alpha value is -2.33. The molecule has 1 aromatic heterocycles. The third-order valence-corrected chi connectivity index (χ3v) is 4.80. The van der Waals surface area contributed by atoms with Gasteiger partial charge in [0.25, 0.3) is 0 Å². The molecule has 4 nitrogen and oxygen atoms in total. The molecule has 1 fully saturated rings. The lowest BCUT2D eigenvalue weighted by Gasteiger charge is -2.12. The molecule has 128 valence electrons. The van der Waals surface area contributed by atoms with Crippen molar-refractivity contribution in [3.8, 4) is 5.75 Å². The molecule has 1 aliphatic carbocycles. The van der Waals surface area contributed by atoms with Gasteiger partial charge in [-0.25, -0.2) is 0 Å². The molecular weight excluding hydrogens is 336 g/mol. The maximum atomic E-state index is 11.5. The molecule has 4 rings (SSSR count). The van der Waals surface area contributed by atoms with Gasteiger partial charge in [0.1, 0.15) is 5.75 Å². The highest BCUT2D eigenvalue weighted by Gasteiger charge is 2.22. The molecule has 1 heterocycles. The minimum atomic E-state index is 0.0558. The van der Waals surface area contributed by atoms with E-state index in [9.17, 15) is 4.79 Å². The number of benzene rings is 2. The van der Waals surface area contributed by atoms with Gasteiger partial charge in [0.15, 0.2) is 5.78 Å². The van der Waals surface area contributed by atoms with Gasteiger partial charge in [0.05, 0.1) is 24.9 Å². The second kappa shape index (κ2) is 6.52. The minimum absolute atomic E-state index is 0.0558. The van der Waals surface area contributed by atoms with Gasteiger partial charge in [-0.2, -0.15) is 5.10 Å². The zero-order valence-electron chi connectivity index (χ0n) is 14.0. The highest BCUT2D eigenvalue weighted by molar-refractivity contribution is 6.30. The summed E-state index contributed by atoms with van der Waals surface area (Å²) in [6.07, 6.45) is 4.30. The highest BCUT2D eigenvalue weighted by Crippen LogP contribution is 2.31. The predicted molar refractivity (Wildman–Crippen MR) is 98.5 cm³/mol. The van der Waals surface area contributed by atoms with Crippen LogP contribution in [0.2, 0.25) is 5.02 Å². The van der Waals surface area contributed by atoms with Crippen LogP contribution in [-0.2, 0) is 6.54 Å². The fourth-order valence-electron chi connectivity index (χ4n) is 2.90. The van der Waals surface area contributed by atoms with E-state index >= 15 is 0 Å². The van der Waals surface area contributed by atoms with Crippen molar-refractivity contribution in [2.75, 3.05) is 6.61 Å². The van der Waals surface area contributed by atoms with E-state index in [-0.39, 0.29) is 5.78 Å². The molecule has 25 heavy (non-hydrogen) atoms. The van der Waals surface area contributed by atoms with E-state index in [0.29, 0.717) is 23.0 Å². The normalized spacial score (nSPS) is 14.0. The Morgan fingerprint density at radius 1 is 1.28 bits per heavy atom. The molecule has 0 atom stereocenters. The lowest BCUT2D eigenvalue weighted by molar-refractivity contribution is 0.101. The molecule has 0 bridgehead atoms. The van der Waals surface area contributed by atoms with Crippen LogP contribution in [0.5, 0.6) is 5.75 Å². The van der Waals surface area contributed by atoms with Crippen molar-refractivity contribution in [2.24, 2.45) is 5.92 Å². The van der Waals surface area contributed by atoms with Crippen molar-refractivity contribution in [3.05, 3.63) is 58.7 Å². The zero-order valence-corrected chi connectivity index (χ0v) is 14.8. The summed E-state index contributed by atoms with van der Waals surface area (Å²) in [5, 5.41) is 6.11. The second-order valence-electron chi connectivity index (χ2n) is 6.64. The lowest BCUT2D eigenvalue weighted by atomic mass is 10.1. The first-order chi connectivity index (χ1) is 12.1. The standard InChI is InChI=1S/C20H19ClN2O2/c1-13(24)15-4-6-19-16(8-15)10-22-23(19)11-17-9-18(21)5-7-20(17)25-12-14-2-3-14/h4-10,14H,2-3,11-12H2,1H3. The summed E-state index contributed by atoms with van der Waals surface area (Å²) in [5.41, 5.74) is 2.69. The molecular formula is C20H19ClN2O2. The summed E-state index contributed by atoms with van der Waals surface area (Å²) in [5.74, 6) is 1.61. The summed E-state index contributed by atoms with van der Waals surface area (Å²) < 4.78 is 7.89. The average Bonchev–Trinajstić information content (AvgIpc) is 3.34. The third kappa shape index (κ3) is 3.54. The topological polar surface area (TPSA) is 44.1 Å². The predicted octanol–water partition coefficient (Wildman–Crippen LogP) is 4.73. The van der Waals surface area contributed by atoms with Gasteiger partial charge >= 0.3 is 0 Å². The van der Waals surface area contributed by atoms with Gasteiger partial charge in [-0.05, 0) is 62.1 Å². The van der Waals surface area contributed by atoms with E-state index in [2.05, 4.69) is 5.10 Å². The maximum absolute atomic E-state index is 11.5. The number of aromatic nitrogens is 2. The lowest BCUT2D eigenvalue weighted by Crippen LogP contribution is -2.06. The number of fused-ring (bicyclic) bond motifs is 1. The van der Waals surface area contributed by atoms with Gasteiger partial charge in [0, 0.05) is 21.5 Å². The number of hydrogen-bond acceptors (Lipinski definition) is 3. The fraction of sp³-hybridized carbons (Fsp3) is 0.300. The van der Waals surface area contributed by atoms with Crippen LogP contribution in [0.1, 0.15) is 35.7 Å². The Balaban J connectivity index is 1.64. The smallest absolute Gasteiger partial charge is 0.159 e. The number of halogens is 1. The van der Waals surface area contributed by atoms with Crippen molar-refractivity contribution in [3.63, 3.8) is 0 Å². The van der Waals surface area contributed by atoms with E-state index in [1.54, 1.807) is 13.1 Å². The van der Waals surface area contributed by atoms with Gasteiger partial charge in [-0.15, -0.1) is 0 Å². The van der Waals surface area contributed by atoms with Crippen LogP contribution in [0.15, 0.2) is 42.6 Å². The average molecular weight is 355 g/mol. The molecule has 3 aromatic rings. The molecule has 5 heteroatoms. The fourth-order valence-corrected chi connectivity index (χ4v) is 3.09. The number of ketones is 1. The number of carbonyl (C=O) groups is 1. The van der Waals surface area contributed by atoms with Crippen LogP contribution < -0.4 is 4.74 Å². The molecule has 0 radical (unpaired) electrons. The molecule has 0 N–H and O–H groups in total. The highest BCUT2D eigenvalue weighted by atomic mass is 35.5. The molecule has 0 aliphatic heterocycles. The van der Waals surface area contributed by atoms with Gasteiger partial charge < -0.3 is 4.74 Å². The summed E-state index contributed by atoms with van der Waals surface area (Å²) in [6.45, 7) is 2.90. The number of nitrogens with zero attached hydrogens (tertiary/aromatic N) is 2. The van der Waals surface area contributed by atoms with Crippen LogP contribution in [0.25, 0.3) is 10.9 Å². The Bertz CT molecular complexity index is 944. The van der Waals surface area contributed by atoms with Crippen LogP contribution in [-0.4, -0.2) is 22.2 Å². The van der Waals surface area contributed by atoms with Crippen molar-refractivity contribution < 1.29 is 9.53 Å². The Labute approximate surface area is 151 Å². The van der Waals surface area contributed by atoms with Gasteiger partial charge in [-0.1, -0.05) is 11.6 Å². The number of carbonyl (C=O) groups excluding carboxylic acids is 1. The molecule has 1 saturated carbocycles. The molecule has 0 saturated heterocycles. The Morgan fingerprint density at radius 2 is 2.12 bits per heavy atom. The minimum Gasteiger partial charge on any atom is -0.493 e. The van der Waals surface area contributed by atoms with E-state index in [4.69, 9.17) is 16.3 Å². The van der Waals surface area contributed by atoms with Crippen molar-refractivity contribution in [2.45, 2.75) is 26.3 Å². The van der Waals surface area contributed by atoms with Crippen LogP contribution in [0.3, 0.4) is 0 Å². The largest absolute Gasteiger partial charge is 0.493 e. The third-order valence-electron chi connectivity index (χ3n) is 4.56. The van der Waals surface area contributed by atoms with Crippen LogP contribution >= 0.6 is 11.6 Å². The molecule has 2 aromatic carbocycles.